The van der Waals surface area contributed by atoms with Crippen molar-refractivity contribution in [3.63, 3.8) is 0 Å². The van der Waals surface area contributed by atoms with E-state index >= 15 is 0 Å². The summed E-state index contributed by atoms with van der Waals surface area (Å²) in [6.45, 7) is 5.83. The fourth-order valence-electron chi connectivity index (χ4n) is 3.13. The number of rotatable bonds is 5. The third-order valence-corrected chi connectivity index (χ3v) is 4.66. The summed E-state index contributed by atoms with van der Waals surface area (Å²) >= 11 is 0. The molecule has 0 radical (unpaired) electrons. The number of ether oxygens (including phenoxy) is 1. The van der Waals surface area contributed by atoms with Gasteiger partial charge in [-0.2, -0.15) is 0 Å². The standard InChI is InChI=1S/C23H21N5O2/c1-15-4-9-20(16(2)12-15)23(29)27-18-5-7-19(8-6-18)30-22-13-21(25-14-26-22)28-11-10-24-17(28)3/h4-14H,1-3H3,(H,27,29). The van der Waals surface area contributed by atoms with E-state index in [9.17, 15) is 4.79 Å². The lowest BCUT2D eigenvalue weighted by atomic mass is 10.1. The Hall–Kier alpha value is -4.00. The van der Waals surface area contributed by atoms with Gasteiger partial charge in [-0.05, 0) is 56.7 Å². The highest BCUT2D eigenvalue weighted by Crippen LogP contribution is 2.23. The van der Waals surface area contributed by atoms with Crippen LogP contribution in [0.25, 0.3) is 5.82 Å². The van der Waals surface area contributed by atoms with Crippen molar-refractivity contribution in [2.75, 3.05) is 5.32 Å². The highest BCUT2D eigenvalue weighted by Gasteiger charge is 2.10. The van der Waals surface area contributed by atoms with Gasteiger partial charge in [-0.15, -0.1) is 0 Å². The molecule has 2 heterocycles. The molecule has 1 amide bonds. The van der Waals surface area contributed by atoms with Crippen LogP contribution in [0.4, 0.5) is 5.69 Å². The number of amides is 1. The first-order valence-corrected chi connectivity index (χ1v) is 9.48. The monoisotopic (exact) mass is 399 g/mol. The summed E-state index contributed by atoms with van der Waals surface area (Å²) in [6.07, 6.45) is 4.99. The average molecular weight is 399 g/mol. The van der Waals surface area contributed by atoms with Crippen LogP contribution in [0.3, 0.4) is 0 Å². The average Bonchev–Trinajstić information content (AvgIpc) is 3.15. The molecule has 0 aliphatic rings. The Morgan fingerprint density at radius 1 is 0.967 bits per heavy atom. The molecule has 2 aromatic carbocycles. The smallest absolute Gasteiger partial charge is 0.255 e. The van der Waals surface area contributed by atoms with Gasteiger partial charge in [0.25, 0.3) is 5.91 Å². The Morgan fingerprint density at radius 3 is 2.47 bits per heavy atom. The molecule has 0 spiro atoms. The molecule has 0 unspecified atom stereocenters. The summed E-state index contributed by atoms with van der Waals surface area (Å²) in [5.74, 6) is 2.37. The fraction of sp³-hybridized carbons (Fsp3) is 0.130. The van der Waals surface area contributed by atoms with Gasteiger partial charge in [-0.1, -0.05) is 17.7 Å². The van der Waals surface area contributed by atoms with Gasteiger partial charge in [-0.25, -0.2) is 15.0 Å². The molecular weight excluding hydrogens is 378 g/mol. The molecule has 0 bridgehead atoms. The first-order chi connectivity index (χ1) is 14.5. The van der Waals surface area contributed by atoms with Gasteiger partial charge >= 0.3 is 0 Å². The zero-order valence-electron chi connectivity index (χ0n) is 17.0. The van der Waals surface area contributed by atoms with Crippen molar-refractivity contribution in [2.24, 2.45) is 0 Å². The second kappa shape index (κ2) is 8.16. The number of aryl methyl sites for hydroxylation is 3. The van der Waals surface area contributed by atoms with Crippen LogP contribution in [0.15, 0.2) is 67.3 Å². The second-order valence-electron chi connectivity index (χ2n) is 6.96. The van der Waals surface area contributed by atoms with Crippen molar-refractivity contribution in [2.45, 2.75) is 20.8 Å². The van der Waals surface area contributed by atoms with Crippen LogP contribution in [0.1, 0.15) is 27.3 Å². The summed E-state index contributed by atoms with van der Waals surface area (Å²) < 4.78 is 7.68. The Labute approximate surface area is 174 Å². The number of nitrogens with zero attached hydrogens (tertiary/aromatic N) is 4. The van der Waals surface area contributed by atoms with Crippen LogP contribution >= 0.6 is 0 Å². The molecule has 0 aliphatic carbocycles. The third kappa shape index (κ3) is 4.20. The van der Waals surface area contributed by atoms with Crippen molar-refractivity contribution >= 4 is 11.6 Å². The lowest BCUT2D eigenvalue weighted by Crippen LogP contribution is -2.13. The molecule has 4 rings (SSSR count). The number of aromatic nitrogens is 4. The fourth-order valence-corrected chi connectivity index (χ4v) is 3.13. The Kier molecular flexibility index (Phi) is 5.26. The minimum absolute atomic E-state index is 0.141. The van der Waals surface area contributed by atoms with Gasteiger partial charge in [0.2, 0.25) is 5.88 Å². The number of anilines is 1. The largest absolute Gasteiger partial charge is 0.439 e. The Bertz CT molecular complexity index is 1200. The maximum atomic E-state index is 12.5. The molecule has 7 nitrogen and oxygen atoms in total. The maximum absolute atomic E-state index is 12.5. The molecule has 1 N–H and O–H groups in total. The zero-order chi connectivity index (χ0) is 21.1. The minimum Gasteiger partial charge on any atom is -0.439 e. The molecule has 0 fully saturated rings. The second-order valence-corrected chi connectivity index (χ2v) is 6.96. The first-order valence-electron chi connectivity index (χ1n) is 9.48. The molecule has 7 heteroatoms. The maximum Gasteiger partial charge on any atom is 0.255 e. The number of imidazole rings is 1. The van der Waals surface area contributed by atoms with Gasteiger partial charge in [0.05, 0.1) is 0 Å². The quantitative estimate of drug-likeness (QED) is 0.529. The highest BCUT2D eigenvalue weighted by atomic mass is 16.5. The van der Waals surface area contributed by atoms with Crippen LogP contribution in [0.5, 0.6) is 11.6 Å². The van der Waals surface area contributed by atoms with E-state index in [0.717, 1.165) is 17.0 Å². The lowest BCUT2D eigenvalue weighted by Gasteiger charge is -2.10. The van der Waals surface area contributed by atoms with E-state index in [1.54, 1.807) is 36.5 Å². The SMILES string of the molecule is Cc1ccc(C(=O)Nc2ccc(Oc3cc(-n4ccnc4C)ncn3)cc2)c(C)c1. The van der Waals surface area contributed by atoms with Crippen LogP contribution < -0.4 is 10.1 Å². The van der Waals surface area contributed by atoms with Crippen molar-refractivity contribution in [1.82, 2.24) is 19.5 Å². The van der Waals surface area contributed by atoms with E-state index in [4.69, 9.17) is 4.74 Å². The van der Waals surface area contributed by atoms with Gasteiger partial charge in [0.15, 0.2) is 0 Å². The summed E-state index contributed by atoms with van der Waals surface area (Å²) in [5.41, 5.74) is 3.41. The predicted octanol–water partition coefficient (Wildman–Crippen LogP) is 4.63. The Balaban J connectivity index is 1.45. The molecule has 150 valence electrons. The molecular formula is C23H21N5O2. The summed E-state index contributed by atoms with van der Waals surface area (Å²) in [6, 6.07) is 14.6. The molecule has 0 saturated heterocycles. The number of carbonyl (C=O) groups excluding carboxylic acids is 1. The van der Waals surface area contributed by atoms with Gasteiger partial charge in [0, 0.05) is 29.7 Å². The first kappa shape index (κ1) is 19.3. The van der Waals surface area contributed by atoms with Crippen LogP contribution in [0.2, 0.25) is 0 Å². The predicted molar refractivity (Wildman–Crippen MR) is 114 cm³/mol. The molecule has 0 aliphatic heterocycles. The van der Waals surface area contributed by atoms with Crippen LogP contribution in [-0.4, -0.2) is 25.4 Å². The van der Waals surface area contributed by atoms with E-state index in [1.165, 1.54) is 6.33 Å². The van der Waals surface area contributed by atoms with E-state index in [-0.39, 0.29) is 5.91 Å². The van der Waals surface area contributed by atoms with Crippen LogP contribution in [-0.2, 0) is 0 Å². The van der Waals surface area contributed by atoms with E-state index in [2.05, 4.69) is 20.3 Å². The lowest BCUT2D eigenvalue weighted by molar-refractivity contribution is 0.102. The van der Waals surface area contributed by atoms with E-state index in [1.807, 2.05) is 49.7 Å². The van der Waals surface area contributed by atoms with E-state index < -0.39 is 0 Å². The summed E-state index contributed by atoms with van der Waals surface area (Å²) in [5, 5.41) is 2.91. The molecule has 30 heavy (non-hydrogen) atoms. The number of nitrogens with one attached hydrogen (secondary N) is 1. The normalized spacial score (nSPS) is 10.6. The van der Waals surface area contributed by atoms with Gasteiger partial charge < -0.3 is 10.1 Å². The number of carbonyl (C=O) groups is 1. The zero-order valence-corrected chi connectivity index (χ0v) is 17.0. The molecule has 2 aromatic heterocycles. The minimum atomic E-state index is -0.141. The summed E-state index contributed by atoms with van der Waals surface area (Å²) in [7, 11) is 0. The number of hydrogen-bond acceptors (Lipinski definition) is 5. The molecule has 4 aromatic rings. The molecule has 0 atom stereocenters. The van der Waals surface area contributed by atoms with Crippen LogP contribution in [0, 0.1) is 20.8 Å². The van der Waals surface area contributed by atoms with Crippen molar-refractivity contribution in [3.05, 3.63) is 89.8 Å². The van der Waals surface area contributed by atoms with E-state index in [0.29, 0.717) is 28.7 Å². The highest BCUT2D eigenvalue weighted by molar-refractivity contribution is 6.05. The topological polar surface area (TPSA) is 81.9 Å². The third-order valence-electron chi connectivity index (χ3n) is 4.66. The summed E-state index contributed by atoms with van der Waals surface area (Å²) in [4.78, 5) is 25.2. The molecule has 0 saturated carbocycles. The number of benzene rings is 2. The van der Waals surface area contributed by atoms with Crippen molar-refractivity contribution in [1.29, 1.82) is 0 Å². The van der Waals surface area contributed by atoms with Crippen molar-refractivity contribution in [3.8, 4) is 17.4 Å². The number of hydrogen-bond donors (Lipinski definition) is 1. The Morgan fingerprint density at radius 2 is 1.77 bits per heavy atom. The van der Waals surface area contributed by atoms with Crippen molar-refractivity contribution < 1.29 is 9.53 Å². The van der Waals surface area contributed by atoms with Gasteiger partial charge in [0.1, 0.15) is 23.7 Å². The van der Waals surface area contributed by atoms with Gasteiger partial charge in [-0.3, -0.25) is 9.36 Å².